The van der Waals surface area contributed by atoms with Crippen LogP contribution in [0, 0.1) is 0 Å². The van der Waals surface area contributed by atoms with Crippen molar-refractivity contribution >= 4 is 22.8 Å². The van der Waals surface area contributed by atoms with Gasteiger partial charge in [-0.3, -0.25) is 4.90 Å². The average Bonchev–Trinajstić information content (AvgIpc) is 3.21. The standard InChI is InChI=1S/C26H30N4O3/c1-17-9-10-19-20(29(17)26(31)33-3)11-12-22-25(19)28-24(15-18-7-5-4-6-8-18)30(22)21-13-14-27-16-23(21)32-2/h4-8,11-12,21,23,27H,1,9-10,13-16H2,2-3H3/t21-,23+/m1/s1. The van der Waals surface area contributed by atoms with Crippen molar-refractivity contribution in [2.45, 2.75) is 37.8 Å². The maximum absolute atomic E-state index is 12.5. The molecule has 0 aliphatic carbocycles. The number of allylic oxidation sites excluding steroid dienone is 1. The van der Waals surface area contributed by atoms with Crippen molar-refractivity contribution < 1.29 is 14.3 Å². The number of rotatable bonds is 4. The molecular formula is C26H30N4O3. The Morgan fingerprint density at radius 2 is 2.00 bits per heavy atom. The topological polar surface area (TPSA) is 68.6 Å². The molecule has 2 atom stereocenters. The smallest absolute Gasteiger partial charge is 0.418 e. The number of imidazole rings is 1. The van der Waals surface area contributed by atoms with Gasteiger partial charge in [0.15, 0.2) is 0 Å². The first-order valence-electron chi connectivity index (χ1n) is 11.5. The van der Waals surface area contributed by atoms with Gasteiger partial charge >= 0.3 is 6.09 Å². The van der Waals surface area contributed by atoms with Gasteiger partial charge in [0.25, 0.3) is 0 Å². The third-order valence-electron chi connectivity index (χ3n) is 6.82. The Balaban J connectivity index is 1.69. The molecule has 2 aliphatic heterocycles. The van der Waals surface area contributed by atoms with Crippen molar-refractivity contribution in [2.75, 3.05) is 32.2 Å². The summed E-state index contributed by atoms with van der Waals surface area (Å²) in [4.78, 5) is 19.3. The number of ether oxygens (including phenoxy) is 2. The highest BCUT2D eigenvalue weighted by Crippen LogP contribution is 2.39. The summed E-state index contributed by atoms with van der Waals surface area (Å²) in [7, 11) is 3.18. The second-order valence-electron chi connectivity index (χ2n) is 8.70. The molecule has 7 nitrogen and oxygen atoms in total. The molecule has 0 unspecified atom stereocenters. The van der Waals surface area contributed by atoms with E-state index >= 15 is 0 Å². The normalized spacial score (nSPS) is 20.7. The van der Waals surface area contributed by atoms with Gasteiger partial charge < -0.3 is 19.4 Å². The minimum Gasteiger partial charge on any atom is -0.452 e. The van der Waals surface area contributed by atoms with Gasteiger partial charge in [0, 0.05) is 31.3 Å². The Hall–Kier alpha value is -3.16. The number of amides is 1. The van der Waals surface area contributed by atoms with Crippen molar-refractivity contribution in [1.82, 2.24) is 14.9 Å². The number of hydrogen-bond donors (Lipinski definition) is 1. The lowest BCUT2D eigenvalue weighted by atomic mass is 9.98. The molecule has 1 saturated heterocycles. The highest BCUT2D eigenvalue weighted by molar-refractivity contribution is 5.97. The van der Waals surface area contributed by atoms with Crippen LogP contribution >= 0.6 is 0 Å². The van der Waals surface area contributed by atoms with Gasteiger partial charge in [-0.05, 0) is 43.5 Å². The summed E-state index contributed by atoms with van der Waals surface area (Å²) in [6.07, 6.45) is 2.83. The van der Waals surface area contributed by atoms with E-state index in [-0.39, 0.29) is 12.1 Å². The zero-order valence-corrected chi connectivity index (χ0v) is 19.2. The van der Waals surface area contributed by atoms with E-state index in [2.05, 4.69) is 46.8 Å². The number of benzene rings is 2. The summed E-state index contributed by atoms with van der Waals surface area (Å²) in [6.45, 7) is 5.84. The number of nitrogens with zero attached hydrogens (tertiary/aromatic N) is 3. The molecule has 33 heavy (non-hydrogen) atoms. The van der Waals surface area contributed by atoms with Crippen LogP contribution in [0.3, 0.4) is 0 Å². The van der Waals surface area contributed by atoms with Gasteiger partial charge in [-0.2, -0.15) is 0 Å². The number of hydrogen-bond acceptors (Lipinski definition) is 5. The summed E-state index contributed by atoms with van der Waals surface area (Å²) < 4.78 is 13.3. The summed E-state index contributed by atoms with van der Waals surface area (Å²) >= 11 is 0. The van der Waals surface area contributed by atoms with Gasteiger partial charge in [0.2, 0.25) is 0 Å². The number of fused-ring (bicyclic) bond motifs is 3. The number of carbonyl (C=O) groups excluding carboxylic acids is 1. The average molecular weight is 447 g/mol. The monoisotopic (exact) mass is 446 g/mol. The molecule has 5 rings (SSSR count). The Bertz CT molecular complexity index is 1190. The van der Waals surface area contributed by atoms with Crippen molar-refractivity contribution in [3.63, 3.8) is 0 Å². The lowest BCUT2D eigenvalue weighted by Crippen LogP contribution is -2.43. The quantitative estimate of drug-likeness (QED) is 0.650. The molecule has 0 bridgehead atoms. The van der Waals surface area contributed by atoms with Crippen LogP contribution in [-0.4, -0.2) is 49.1 Å². The molecule has 1 amide bonds. The lowest BCUT2D eigenvalue weighted by molar-refractivity contribution is 0.0396. The van der Waals surface area contributed by atoms with E-state index in [0.29, 0.717) is 6.42 Å². The molecule has 2 aromatic carbocycles. The van der Waals surface area contributed by atoms with Crippen LogP contribution in [0.15, 0.2) is 54.7 Å². The zero-order chi connectivity index (χ0) is 22.9. The lowest BCUT2D eigenvalue weighted by Gasteiger charge is -2.34. The van der Waals surface area contributed by atoms with Crippen molar-refractivity contribution in [3.05, 3.63) is 71.7 Å². The second kappa shape index (κ2) is 9.00. The van der Waals surface area contributed by atoms with Crippen LogP contribution in [0.4, 0.5) is 10.5 Å². The highest BCUT2D eigenvalue weighted by atomic mass is 16.5. The van der Waals surface area contributed by atoms with E-state index in [1.807, 2.05) is 12.1 Å². The van der Waals surface area contributed by atoms with Crippen LogP contribution in [0.1, 0.15) is 35.8 Å². The third kappa shape index (κ3) is 3.81. The number of piperidine rings is 1. The Morgan fingerprint density at radius 1 is 1.18 bits per heavy atom. The number of nitrogens with one attached hydrogen (secondary N) is 1. The number of carbonyl (C=O) groups is 1. The van der Waals surface area contributed by atoms with Crippen LogP contribution in [0.5, 0.6) is 0 Å². The SMILES string of the molecule is C=C1CCc2c(ccc3c2nc(Cc2ccccc2)n3[C@@H]2CCNC[C@@H]2OC)N1C(=O)OC. The predicted molar refractivity (Wildman–Crippen MR) is 129 cm³/mol. The Labute approximate surface area is 194 Å². The number of anilines is 1. The van der Waals surface area contributed by atoms with E-state index in [1.54, 1.807) is 12.0 Å². The van der Waals surface area contributed by atoms with Gasteiger partial charge in [-0.1, -0.05) is 36.9 Å². The first kappa shape index (κ1) is 21.7. The third-order valence-corrected chi connectivity index (χ3v) is 6.82. The molecule has 1 N–H and O–H groups in total. The van der Waals surface area contributed by atoms with Gasteiger partial charge in [0.1, 0.15) is 5.82 Å². The van der Waals surface area contributed by atoms with E-state index in [9.17, 15) is 4.79 Å². The van der Waals surface area contributed by atoms with E-state index < -0.39 is 6.09 Å². The van der Waals surface area contributed by atoms with Crippen molar-refractivity contribution in [1.29, 1.82) is 0 Å². The maximum atomic E-state index is 12.5. The van der Waals surface area contributed by atoms with Gasteiger partial charge in [-0.25, -0.2) is 9.78 Å². The zero-order valence-electron chi connectivity index (χ0n) is 19.2. The Kier molecular flexibility index (Phi) is 5.91. The highest BCUT2D eigenvalue weighted by Gasteiger charge is 2.33. The Morgan fingerprint density at radius 3 is 2.76 bits per heavy atom. The molecule has 0 saturated carbocycles. The first-order chi connectivity index (χ1) is 16.1. The summed E-state index contributed by atoms with van der Waals surface area (Å²) in [5.41, 5.74) is 5.89. The number of aryl methyl sites for hydroxylation is 1. The maximum Gasteiger partial charge on any atom is 0.418 e. The minimum atomic E-state index is -0.415. The predicted octanol–water partition coefficient (Wildman–Crippen LogP) is 4.21. The molecule has 3 heterocycles. The van der Waals surface area contributed by atoms with E-state index in [0.717, 1.165) is 66.2 Å². The van der Waals surface area contributed by atoms with Crippen LogP contribution in [-0.2, 0) is 22.3 Å². The fraction of sp³-hybridized carbons (Fsp3) is 0.385. The molecule has 3 aromatic rings. The summed E-state index contributed by atoms with van der Waals surface area (Å²) in [5, 5.41) is 3.45. The van der Waals surface area contributed by atoms with Crippen LogP contribution < -0.4 is 10.2 Å². The number of aromatic nitrogens is 2. The second-order valence-corrected chi connectivity index (χ2v) is 8.70. The van der Waals surface area contributed by atoms with Crippen LogP contribution in [0.25, 0.3) is 11.0 Å². The molecule has 0 spiro atoms. The van der Waals surface area contributed by atoms with Crippen molar-refractivity contribution in [3.8, 4) is 0 Å². The fourth-order valence-electron chi connectivity index (χ4n) is 5.21. The van der Waals surface area contributed by atoms with Gasteiger partial charge in [-0.15, -0.1) is 0 Å². The molecule has 0 radical (unpaired) electrons. The molecular weight excluding hydrogens is 416 g/mol. The summed E-state index contributed by atoms with van der Waals surface area (Å²) in [6, 6.07) is 14.7. The molecule has 2 aliphatic rings. The molecule has 7 heteroatoms. The molecule has 1 fully saturated rings. The van der Waals surface area contributed by atoms with E-state index in [4.69, 9.17) is 14.5 Å². The van der Waals surface area contributed by atoms with Gasteiger partial charge in [0.05, 0.1) is 36.0 Å². The first-order valence-corrected chi connectivity index (χ1v) is 11.5. The minimum absolute atomic E-state index is 0.0630. The number of methoxy groups -OCH3 is 2. The fourth-order valence-corrected chi connectivity index (χ4v) is 5.21. The summed E-state index contributed by atoms with van der Waals surface area (Å²) in [5.74, 6) is 1.02. The largest absolute Gasteiger partial charge is 0.452 e. The van der Waals surface area contributed by atoms with E-state index in [1.165, 1.54) is 12.7 Å². The van der Waals surface area contributed by atoms with Crippen molar-refractivity contribution in [2.24, 2.45) is 0 Å². The molecule has 1 aromatic heterocycles. The van der Waals surface area contributed by atoms with Crippen LogP contribution in [0.2, 0.25) is 0 Å². The molecule has 172 valence electrons.